The molecule has 0 radical (unpaired) electrons. The van der Waals surface area contributed by atoms with Crippen LogP contribution in [0, 0.1) is 11.8 Å². The summed E-state index contributed by atoms with van der Waals surface area (Å²) >= 11 is 1.58. The number of nitrogens with one attached hydrogen (secondary N) is 1. The Morgan fingerprint density at radius 2 is 2.05 bits per heavy atom. The zero-order chi connectivity index (χ0) is 13.7. The average molecular weight is 284 g/mol. The quantitative estimate of drug-likeness (QED) is 0.622. The second-order valence-electron chi connectivity index (χ2n) is 6.16. The maximum absolute atomic E-state index is 12.3. The summed E-state index contributed by atoms with van der Waals surface area (Å²) in [4.78, 5) is 14.6. The van der Waals surface area contributed by atoms with E-state index in [0.717, 1.165) is 30.6 Å². The van der Waals surface area contributed by atoms with Crippen molar-refractivity contribution in [1.29, 1.82) is 0 Å². The van der Waals surface area contributed by atoms with Crippen LogP contribution in [0.4, 0.5) is 0 Å². The van der Waals surface area contributed by atoms with E-state index < -0.39 is 0 Å². The Labute approximate surface area is 122 Å². The zero-order valence-electron chi connectivity index (χ0n) is 12.4. The molecule has 19 heavy (non-hydrogen) atoms. The second-order valence-corrected chi connectivity index (χ2v) is 7.07. The highest BCUT2D eigenvalue weighted by molar-refractivity contribution is 7.97. The molecule has 0 bridgehead atoms. The molecule has 0 aromatic rings. The van der Waals surface area contributed by atoms with Gasteiger partial charge in [0.15, 0.2) is 0 Å². The number of carbonyl (C=O) groups is 1. The Morgan fingerprint density at radius 1 is 1.32 bits per heavy atom. The monoisotopic (exact) mass is 284 g/mol. The summed E-state index contributed by atoms with van der Waals surface area (Å²) in [5.41, 5.74) is 0. The predicted octanol–water partition coefficient (Wildman–Crippen LogP) is 3.06. The molecule has 3 unspecified atom stereocenters. The third-order valence-electron chi connectivity index (χ3n) is 4.72. The van der Waals surface area contributed by atoms with Gasteiger partial charge in [-0.05, 0) is 38.1 Å². The molecule has 3 nitrogen and oxygen atoms in total. The summed E-state index contributed by atoms with van der Waals surface area (Å²) in [6.07, 6.45) is 8.90. The molecule has 1 N–H and O–H groups in total. The molecule has 1 aliphatic heterocycles. The number of nitrogens with zero attached hydrogens (tertiary/aromatic N) is 1. The molecule has 0 aromatic heterocycles. The number of piperidine rings is 1. The fraction of sp³-hybridized carbons (Fsp3) is 0.933. The minimum Gasteiger partial charge on any atom is -0.299 e. The first kappa shape index (κ1) is 15.2. The van der Waals surface area contributed by atoms with Gasteiger partial charge in [0.1, 0.15) is 0 Å². The van der Waals surface area contributed by atoms with Crippen LogP contribution in [0.1, 0.15) is 51.9 Å². The lowest BCUT2D eigenvalue weighted by Gasteiger charge is -2.43. The van der Waals surface area contributed by atoms with Crippen molar-refractivity contribution < 1.29 is 4.79 Å². The average Bonchev–Trinajstić information content (AvgIpc) is 2.42. The van der Waals surface area contributed by atoms with E-state index in [1.165, 1.54) is 38.5 Å². The number of amides is 1. The molecule has 1 heterocycles. The molecule has 0 aromatic carbocycles. The standard InChI is InChI=1S/C15H28N2OS/c1-3-4-9-19-16-15(18)14-10-12-7-5-6-8-13(12)11-17(14)2/h12-14H,3-11H2,1-2H3,(H,16,18). The van der Waals surface area contributed by atoms with E-state index >= 15 is 0 Å². The Hall–Kier alpha value is -0.220. The van der Waals surface area contributed by atoms with Gasteiger partial charge in [-0.15, -0.1) is 0 Å². The third-order valence-corrected chi connectivity index (χ3v) is 5.56. The summed E-state index contributed by atoms with van der Waals surface area (Å²) in [7, 11) is 2.12. The van der Waals surface area contributed by atoms with Crippen LogP contribution in [-0.2, 0) is 4.79 Å². The normalized spacial score (nSPS) is 31.8. The van der Waals surface area contributed by atoms with Crippen molar-refractivity contribution in [3.63, 3.8) is 0 Å². The van der Waals surface area contributed by atoms with Crippen LogP contribution in [0.3, 0.4) is 0 Å². The number of unbranched alkanes of at least 4 members (excludes halogenated alkanes) is 1. The van der Waals surface area contributed by atoms with Crippen molar-refractivity contribution in [3.8, 4) is 0 Å². The van der Waals surface area contributed by atoms with Crippen LogP contribution < -0.4 is 4.72 Å². The number of carbonyl (C=O) groups excluding carboxylic acids is 1. The third kappa shape index (κ3) is 4.12. The molecule has 0 spiro atoms. The van der Waals surface area contributed by atoms with Gasteiger partial charge in [0, 0.05) is 12.3 Å². The van der Waals surface area contributed by atoms with Gasteiger partial charge in [-0.3, -0.25) is 14.4 Å². The molecule has 110 valence electrons. The van der Waals surface area contributed by atoms with Gasteiger partial charge >= 0.3 is 0 Å². The van der Waals surface area contributed by atoms with Crippen LogP contribution in [0.2, 0.25) is 0 Å². The first-order chi connectivity index (χ1) is 9.22. The maximum atomic E-state index is 12.3. The van der Waals surface area contributed by atoms with Gasteiger partial charge in [-0.25, -0.2) is 0 Å². The van der Waals surface area contributed by atoms with Crippen LogP contribution >= 0.6 is 11.9 Å². The van der Waals surface area contributed by atoms with E-state index in [0.29, 0.717) is 0 Å². The predicted molar refractivity (Wildman–Crippen MR) is 82.0 cm³/mol. The van der Waals surface area contributed by atoms with Gasteiger partial charge in [0.2, 0.25) is 5.91 Å². The molecule has 1 amide bonds. The first-order valence-corrected chi connectivity index (χ1v) is 8.82. The largest absolute Gasteiger partial charge is 0.299 e. The molecule has 2 rings (SSSR count). The Morgan fingerprint density at radius 3 is 2.79 bits per heavy atom. The Kier molecular flexibility index (Phi) is 6.02. The Balaban J connectivity index is 1.80. The van der Waals surface area contributed by atoms with Crippen molar-refractivity contribution in [2.75, 3.05) is 19.3 Å². The van der Waals surface area contributed by atoms with Gasteiger partial charge in [0.25, 0.3) is 0 Å². The van der Waals surface area contributed by atoms with Crippen LogP contribution in [0.5, 0.6) is 0 Å². The van der Waals surface area contributed by atoms with Crippen molar-refractivity contribution in [3.05, 3.63) is 0 Å². The van der Waals surface area contributed by atoms with E-state index in [9.17, 15) is 4.79 Å². The summed E-state index contributed by atoms with van der Waals surface area (Å²) in [5, 5.41) is 0. The van der Waals surface area contributed by atoms with Gasteiger partial charge < -0.3 is 0 Å². The van der Waals surface area contributed by atoms with E-state index in [4.69, 9.17) is 0 Å². The SMILES string of the molecule is CCCCSNC(=O)C1CC2CCCCC2CN1C. The number of likely N-dealkylation sites (N-methyl/N-ethyl adjacent to an activating group) is 1. The number of likely N-dealkylation sites (tertiary alicyclic amines) is 1. The van der Waals surface area contributed by atoms with E-state index in [1.54, 1.807) is 11.9 Å². The fourth-order valence-corrected chi connectivity index (χ4v) is 4.33. The van der Waals surface area contributed by atoms with Crippen LogP contribution in [0.25, 0.3) is 0 Å². The molecule has 2 aliphatic rings. The van der Waals surface area contributed by atoms with E-state index in [2.05, 4.69) is 23.6 Å². The lowest BCUT2D eigenvalue weighted by Crippen LogP contribution is -2.52. The number of rotatable bonds is 5. The van der Waals surface area contributed by atoms with Crippen LogP contribution in [0.15, 0.2) is 0 Å². The molecular weight excluding hydrogens is 256 g/mol. The second kappa shape index (κ2) is 7.53. The van der Waals surface area contributed by atoms with Gasteiger partial charge in [-0.2, -0.15) is 0 Å². The highest BCUT2D eigenvalue weighted by Gasteiger charge is 2.38. The molecule has 2 fully saturated rings. The molecule has 1 saturated carbocycles. The van der Waals surface area contributed by atoms with Crippen molar-refractivity contribution in [2.24, 2.45) is 11.8 Å². The number of hydrogen-bond acceptors (Lipinski definition) is 3. The van der Waals surface area contributed by atoms with Crippen LogP contribution in [-0.4, -0.2) is 36.2 Å². The molecule has 1 saturated heterocycles. The highest BCUT2D eigenvalue weighted by atomic mass is 32.2. The lowest BCUT2D eigenvalue weighted by molar-refractivity contribution is -0.127. The molecule has 1 aliphatic carbocycles. The zero-order valence-corrected chi connectivity index (χ0v) is 13.2. The minimum atomic E-state index is 0.105. The van der Waals surface area contributed by atoms with E-state index in [1.807, 2.05) is 0 Å². The Bertz CT molecular complexity index is 298. The minimum absolute atomic E-state index is 0.105. The van der Waals surface area contributed by atoms with E-state index in [-0.39, 0.29) is 11.9 Å². The molecular formula is C15H28N2OS. The highest BCUT2D eigenvalue weighted by Crippen LogP contribution is 2.38. The topological polar surface area (TPSA) is 32.3 Å². The van der Waals surface area contributed by atoms with Crippen molar-refractivity contribution in [1.82, 2.24) is 9.62 Å². The van der Waals surface area contributed by atoms with Crippen molar-refractivity contribution in [2.45, 2.75) is 57.9 Å². The molecule has 4 heteroatoms. The number of fused-ring (bicyclic) bond motifs is 1. The lowest BCUT2D eigenvalue weighted by atomic mass is 9.73. The summed E-state index contributed by atoms with van der Waals surface area (Å²) < 4.78 is 3.05. The fourth-order valence-electron chi connectivity index (χ4n) is 3.51. The summed E-state index contributed by atoms with van der Waals surface area (Å²) in [6.45, 7) is 3.29. The summed E-state index contributed by atoms with van der Waals surface area (Å²) in [5.74, 6) is 2.90. The van der Waals surface area contributed by atoms with Crippen molar-refractivity contribution >= 4 is 17.9 Å². The number of hydrogen-bond donors (Lipinski definition) is 1. The molecule has 3 atom stereocenters. The maximum Gasteiger partial charge on any atom is 0.247 e. The summed E-state index contributed by atoms with van der Waals surface area (Å²) in [6, 6.07) is 0.105. The first-order valence-electron chi connectivity index (χ1n) is 7.84. The smallest absolute Gasteiger partial charge is 0.247 e. The van der Waals surface area contributed by atoms with Gasteiger partial charge in [-0.1, -0.05) is 44.6 Å². The van der Waals surface area contributed by atoms with Gasteiger partial charge in [0.05, 0.1) is 6.04 Å².